The molecule has 2 aromatic heterocycles. The van der Waals surface area contributed by atoms with Crippen LogP contribution >= 0.6 is 0 Å². The summed E-state index contributed by atoms with van der Waals surface area (Å²) in [6, 6.07) is 14.4. The van der Waals surface area contributed by atoms with Crippen LogP contribution in [-0.4, -0.2) is 39.2 Å². The monoisotopic (exact) mass is 447 g/mol. The van der Waals surface area contributed by atoms with Crippen LogP contribution in [0.25, 0.3) is 5.78 Å². The van der Waals surface area contributed by atoms with Gasteiger partial charge in [-0.3, -0.25) is 19.6 Å². The summed E-state index contributed by atoms with van der Waals surface area (Å²) in [7, 11) is 1.51. The first-order valence-electron chi connectivity index (χ1n) is 10.6. The topological polar surface area (TPSA) is 102 Å². The number of rotatable bonds is 7. The van der Waals surface area contributed by atoms with Gasteiger partial charge >= 0.3 is 0 Å². The first kappa shape index (κ1) is 22.1. The summed E-state index contributed by atoms with van der Waals surface area (Å²) >= 11 is 0. The second kappa shape index (κ2) is 9.15. The van der Waals surface area contributed by atoms with E-state index in [9.17, 15) is 9.59 Å². The SMILES string of the molecule is CCOc1ccc(CN(C(=O)c2ccccc2OC)c2nc3nc(C)c(C)c(=O)n3[nH]2)cc1. The van der Waals surface area contributed by atoms with Crippen LogP contribution in [0.1, 0.15) is 34.1 Å². The van der Waals surface area contributed by atoms with Gasteiger partial charge in [-0.15, -0.1) is 0 Å². The Morgan fingerprint density at radius 1 is 1.09 bits per heavy atom. The van der Waals surface area contributed by atoms with Gasteiger partial charge in [0.05, 0.1) is 25.8 Å². The average molecular weight is 447 g/mol. The van der Waals surface area contributed by atoms with Gasteiger partial charge in [-0.25, -0.2) is 4.98 Å². The molecule has 0 atom stereocenters. The van der Waals surface area contributed by atoms with Crippen LogP contribution in [0.2, 0.25) is 0 Å². The van der Waals surface area contributed by atoms with Gasteiger partial charge in [-0.1, -0.05) is 24.3 Å². The van der Waals surface area contributed by atoms with Crippen LogP contribution < -0.4 is 19.9 Å². The summed E-state index contributed by atoms with van der Waals surface area (Å²) in [6.45, 7) is 6.15. The maximum Gasteiger partial charge on any atom is 0.277 e. The van der Waals surface area contributed by atoms with Crippen LogP contribution in [0.4, 0.5) is 5.95 Å². The Labute approximate surface area is 190 Å². The third-order valence-electron chi connectivity index (χ3n) is 5.37. The molecule has 0 aliphatic carbocycles. The molecule has 0 aliphatic rings. The molecule has 0 unspecified atom stereocenters. The van der Waals surface area contributed by atoms with Crippen LogP contribution in [0.3, 0.4) is 0 Å². The molecule has 0 aliphatic heterocycles. The van der Waals surface area contributed by atoms with E-state index in [0.717, 1.165) is 11.3 Å². The summed E-state index contributed by atoms with van der Waals surface area (Å²) in [4.78, 5) is 36.7. The van der Waals surface area contributed by atoms with Crippen molar-refractivity contribution in [2.24, 2.45) is 0 Å². The number of carbonyl (C=O) groups excluding carboxylic acids is 1. The fraction of sp³-hybridized carbons (Fsp3) is 0.250. The summed E-state index contributed by atoms with van der Waals surface area (Å²) in [6.07, 6.45) is 0. The Morgan fingerprint density at radius 3 is 2.52 bits per heavy atom. The van der Waals surface area contributed by atoms with Crippen LogP contribution in [0.5, 0.6) is 11.5 Å². The summed E-state index contributed by atoms with van der Waals surface area (Å²) in [5.41, 5.74) is 2.07. The van der Waals surface area contributed by atoms with Crippen molar-refractivity contribution in [3.63, 3.8) is 0 Å². The van der Waals surface area contributed by atoms with E-state index < -0.39 is 0 Å². The quantitative estimate of drug-likeness (QED) is 0.467. The van der Waals surface area contributed by atoms with E-state index in [4.69, 9.17) is 9.47 Å². The minimum Gasteiger partial charge on any atom is -0.496 e. The number of aryl methyl sites for hydroxylation is 1. The van der Waals surface area contributed by atoms with Gasteiger partial charge in [0.15, 0.2) is 0 Å². The largest absolute Gasteiger partial charge is 0.496 e. The van der Waals surface area contributed by atoms with Crippen molar-refractivity contribution in [1.82, 2.24) is 19.6 Å². The minimum absolute atomic E-state index is 0.197. The Kier molecular flexibility index (Phi) is 6.12. The molecule has 0 bridgehead atoms. The van der Waals surface area contributed by atoms with Gasteiger partial charge in [0.1, 0.15) is 11.5 Å². The van der Waals surface area contributed by atoms with Gasteiger partial charge in [-0.05, 0) is 50.6 Å². The molecule has 0 saturated carbocycles. The number of para-hydroxylation sites is 1. The van der Waals surface area contributed by atoms with Crippen molar-refractivity contribution in [3.8, 4) is 11.5 Å². The van der Waals surface area contributed by atoms with E-state index >= 15 is 0 Å². The van der Waals surface area contributed by atoms with Gasteiger partial charge in [0.2, 0.25) is 5.95 Å². The lowest BCUT2D eigenvalue weighted by molar-refractivity contribution is 0.0980. The van der Waals surface area contributed by atoms with Gasteiger partial charge in [0.25, 0.3) is 17.2 Å². The zero-order valence-corrected chi connectivity index (χ0v) is 19.0. The number of fused-ring (bicyclic) bond motifs is 1. The molecule has 1 N–H and O–H groups in total. The molecule has 0 saturated heterocycles. The second-order valence-electron chi connectivity index (χ2n) is 7.48. The lowest BCUT2D eigenvalue weighted by atomic mass is 10.1. The second-order valence-corrected chi connectivity index (χ2v) is 7.48. The number of hydrogen-bond donors (Lipinski definition) is 1. The number of nitrogens with one attached hydrogen (secondary N) is 1. The number of H-pyrrole nitrogens is 1. The molecule has 170 valence electrons. The number of amides is 1. The van der Waals surface area contributed by atoms with Crippen LogP contribution in [-0.2, 0) is 6.54 Å². The predicted octanol–water partition coefficient (Wildman–Crippen LogP) is 3.29. The summed E-state index contributed by atoms with van der Waals surface area (Å²) in [5, 5.41) is 2.94. The molecule has 0 spiro atoms. The molecular formula is C24H25N5O4. The molecule has 0 radical (unpaired) electrons. The van der Waals surface area contributed by atoms with Crippen molar-refractivity contribution in [3.05, 3.63) is 81.3 Å². The Morgan fingerprint density at radius 2 is 1.82 bits per heavy atom. The zero-order chi connectivity index (χ0) is 23.5. The van der Waals surface area contributed by atoms with Crippen molar-refractivity contribution >= 4 is 17.6 Å². The van der Waals surface area contributed by atoms with Crippen molar-refractivity contribution in [1.29, 1.82) is 0 Å². The highest BCUT2D eigenvalue weighted by Crippen LogP contribution is 2.24. The van der Waals surface area contributed by atoms with Gasteiger partial charge in [0, 0.05) is 11.3 Å². The highest BCUT2D eigenvalue weighted by molar-refractivity contribution is 6.07. The maximum absolute atomic E-state index is 13.6. The number of nitrogens with zero attached hydrogens (tertiary/aromatic N) is 4. The molecule has 9 heteroatoms. The molecule has 2 aromatic carbocycles. The predicted molar refractivity (Wildman–Crippen MR) is 124 cm³/mol. The molecule has 4 aromatic rings. The number of hydrogen-bond acceptors (Lipinski definition) is 6. The molecule has 0 fully saturated rings. The third kappa shape index (κ3) is 4.30. The lowest BCUT2D eigenvalue weighted by Crippen LogP contribution is -2.32. The zero-order valence-electron chi connectivity index (χ0n) is 19.0. The van der Waals surface area contributed by atoms with Gasteiger partial charge in [-0.2, -0.15) is 9.50 Å². The Balaban J connectivity index is 1.80. The first-order valence-corrected chi connectivity index (χ1v) is 10.6. The Hall–Kier alpha value is -4.14. The van der Waals surface area contributed by atoms with Crippen molar-refractivity contribution in [2.75, 3.05) is 18.6 Å². The number of ether oxygens (including phenoxy) is 2. The number of methoxy groups -OCH3 is 1. The summed E-state index contributed by atoms with van der Waals surface area (Å²) < 4.78 is 12.2. The maximum atomic E-state index is 13.6. The van der Waals surface area contributed by atoms with E-state index in [1.165, 1.54) is 16.5 Å². The standard InChI is InChI=1S/C24H25N5O4/c1-5-33-18-12-10-17(11-13-18)14-28(22(31)19-8-6-7-9-20(19)32-4)24-26-23-25-16(3)15(2)21(30)29(23)27-24/h6-13H,5,14H2,1-4H3,(H,25,26,27). The minimum atomic E-state index is -0.332. The fourth-order valence-corrected chi connectivity index (χ4v) is 3.46. The molecule has 4 rings (SSSR count). The lowest BCUT2D eigenvalue weighted by Gasteiger charge is -2.21. The molecule has 33 heavy (non-hydrogen) atoms. The number of anilines is 1. The number of carbonyl (C=O) groups is 1. The molecular weight excluding hydrogens is 422 g/mol. The van der Waals surface area contributed by atoms with E-state index in [1.54, 1.807) is 38.1 Å². The van der Waals surface area contributed by atoms with Gasteiger partial charge < -0.3 is 9.47 Å². The van der Waals surface area contributed by atoms with E-state index in [2.05, 4.69) is 15.1 Å². The first-order chi connectivity index (χ1) is 15.9. The smallest absolute Gasteiger partial charge is 0.277 e. The van der Waals surface area contributed by atoms with Crippen molar-refractivity contribution in [2.45, 2.75) is 27.3 Å². The van der Waals surface area contributed by atoms with Crippen LogP contribution in [0, 0.1) is 13.8 Å². The number of aromatic amines is 1. The number of benzene rings is 2. The number of aromatic nitrogens is 4. The van der Waals surface area contributed by atoms with E-state index in [1.807, 2.05) is 31.2 Å². The highest BCUT2D eigenvalue weighted by Gasteiger charge is 2.25. The molecule has 1 amide bonds. The van der Waals surface area contributed by atoms with E-state index in [-0.39, 0.29) is 29.7 Å². The normalized spacial score (nSPS) is 10.9. The highest BCUT2D eigenvalue weighted by atomic mass is 16.5. The third-order valence-corrected chi connectivity index (χ3v) is 5.37. The van der Waals surface area contributed by atoms with Crippen molar-refractivity contribution < 1.29 is 14.3 Å². The fourth-order valence-electron chi connectivity index (χ4n) is 3.46. The summed E-state index contributed by atoms with van der Waals surface area (Å²) in [5.74, 6) is 1.26. The average Bonchev–Trinajstić information content (AvgIpc) is 3.25. The Bertz CT molecular complexity index is 1360. The molecule has 2 heterocycles. The molecule has 9 nitrogen and oxygen atoms in total. The van der Waals surface area contributed by atoms with E-state index in [0.29, 0.717) is 29.2 Å². The van der Waals surface area contributed by atoms with Crippen LogP contribution in [0.15, 0.2) is 53.3 Å².